The maximum atomic E-state index is 12.0. The molecular weight excluding hydrogens is 268 g/mol. The van der Waals surface area contributed by atoms with Crippen molar-refractivity contribution in [1.82, 2.24) is 4.90 Å². The minimum atomic E-state index is -0.238. The van der Waals surface area contributed by atoms with Gasteiger partial charge in [-0.05, 0) is 43.6 Å². The molecule has 2 amide bonds. The first-order valence-electron chi connectivity index (χ1n) is 7.19. The second kappa shape index (κ2) is 7.19. The van der Waals surface area contributed by atoms with E-state index in [4.69, 9.17) is 11.5 Å². The Morgan fingerprint density at radius 1 is 1.29 bits per heavy atom. The second-order valence-electron chi connectivity index (χ2n) is 5.41. The summed E-state index contributed by atoms with van der Waals surface area (Å²) >= 11 is 0. The molecule has 1 aliphatic heterocycles. The fraction of sp³-hybridized carbons (Fsp3) is 0.467. The van der Waals surface area contributed by atoms with E-state index < -0.39 is 0 Å². The maximum absolute atomic E-state index is 12.0. The Morgan fingerprint density at radius 3 is 2.62 bits per heavy atom. The van der Waals surface area contributed by atoms with Crippen LogP contribution in [0.15, 0.2) is 24.3 Å². The molecule has 1 heterocycles. The highest BCUT2D eigenvalue weighted by atomic mass is 16.2. The summed E-state index contributed by atoms with van der Waals surface area (Å²) in [4.78, 5) is 25.2. The van der Waals surface area contributed by atoms with E-state index in [0.29, 0.717) is 13.1 Å². The Morgan fingerprint density at radius 2 is 2.00 bits per heavy atom. The van der Waals surface area contributed by atoms with Crippen molar-refractivity contribution in [1.29, 1.82) is 0 Å². The first-order chi connectivity index (χ1) is 10.1. The third-order valence-electron chi connectivity index (χ3n) is 3.80. The van der Waals surface area contributed by atoms with Gasteiger partial charge in [0.2, 0.25) is 11.8 Å². The van der Waals surface area contributed by atoms with Gasteiger partial charge in [-0.1, -0.05) is 12.1 Å². The van der Waals surface area contributed by atoms with Gasteiger partial charge in [0, 0.05) is 18.2 Å². The molecule has 1 aromatic carbocycles. The smallest absolute Gasteiger partial charge is 0.238 e. The van der Waals surface area contributed by atoms with Crippen LogP contribution in [0.25, 0.3) is 0 Å². The van der Waals surface area contributed by atoms with Crippen LogP contribution in [0.2, 0.25) is 0 Å². The molecule has 5 N–H and O–H groups in total. The van der Waals surface area contributed by atoms with Gasteiger partial charge in [-0.3, -0.25) is 14.5 Å². The van der Waals surface area contributed by atoms with Crippen molar-refractivity contribution < 1.29 is 9.59 Å². The summed E-state index contributed by atoms with van der Waals surface area (Å²) < 4.78 is 0. The molecule has 1 saturated heterocycles. The zero-order valence-corrected chi connectivity index (χ0v) is 12.0. The van der Waals surface area contributed by atoms with Crippen molar-refractivity contribution in [3.63, 3.8) is 0 Å². The quantitative estimate of drug-likeness (QED) is 0.725. The van der Waals surface area contributed by atoms with Crippen molar-refractivity contribution in [2.75, 3.05) is 25.0 Å². The predicted molar refractivity (Wildman–Crippen MR) is 81.3 cm³/mol. The lowest BCUT2D eigenvalue weighted by molar-refractivity contribution is -0.123. The van der Waals surface area contributed by atoms with Crippen LogP contribution in [0.1, 0.15) is 18.4 Å². The van der Waals surface area contributed by atoms with Crippen LogP contribution < -0.4 is 16.8 Å². The van der Waals surface area contributed by atoms with E-state index in [1.54, 1.807) is 0 Å². The van der Waals surface area contributed by atoms with Crippen LogP contribution in [0.4, 0.5) is 5.69 Å². The number of likely N-dealkylation sites (tertiary alicyclic amines) is 1. The number of nitrogens with two attached hydrogens (primary N) is 2. The van der Waals surface area contributed by atoms with Crippen LogP contribution in [0, 0.1) is 5.92 Å². The number of benzene rings is 1. The molecular formula is C15H22N4O2. The van der Waals surface area contributed by atoms with Gasteiger partial charge in [-0.2, -0.15) is 0 Å². The van der Waals surface area contributed by atoms with Crippen molar-refractivity contribution in [2.45, 2.75) is 19.4 Å². The van der Waals surface area contributed by atoms with E-state index >= 15 is 0 Å². The molecule has 114 valence electrons. The molecule has 2 rings (SSSR count). The normalized spacial score (nSPS) is 16.6. The summed E-state index contributed by atoms with van der Waals surface area (Å²) in [7, 11) is 0. The topological polar surface area (TPSA) is 101 Å². The van der Waals surface area contributed by atoms with E-state index in [1.165, 1.54) is 0 Å². The highest BCUT2D eigenvalue weighted by Gasteiger charge is 2.24. The minimum Gasteiger partial charge on any atom is -0.369 e. The third kappa shape index (κ3) is 4.54. The van der Waals surface area contributed by atoms with Crippen LogP contribution in [-0.4, -0.2) is 36.3 Å². The van der Waals surface area contributed by atoms with E-state index in [9.17, 15) is 9.59 Å². The van der Waals surface area contributed by atoms with E-state index in [2.05, 4.69) is 5.32 Å². The molecule has 0 unspecified atom stereocenters. The second-order valence-corrected chi connectivity index (χ2v) is 5.41. The lowest BCUT2D eigenvalue weighted by atomic mass is 9.96. The standard InChI is InChI=1S/C15H22N4O2/c16-9-11-2-1-3-13(8-11)18-14(20)10-19-6-4-12(5-7-19)15(17)21/h1-3,8,12H,4-7,9-10,16H2,(H2,17,21)(H,18,20). The van der Waals surface area contributed by atoms with Gasteiger partial charge in [0.05, 0.1) is 6.54 Å². The van der Waals surface area contributed by atoms with Gasteiger partial charge in [0.25, 0.3) is 0 Å². The summed E-state index contributed by atoms with van der Waals surface area (Å²) in [5.74, 6) is -0.343. The summed E-state index contributed by atoms with van der Waals surface area (Å²) in [6.45, 7) is 2.23. The zero-order valence-electron chi connectivity index (χ0n) is 12.0. The maximum Gasteiger partial charge on any atom is 0.238 e. The highest BCUT2D eigenvalue weighted by molar-refractivity contribution is 5.92. The largest absolute Gasteiger partial charge is 0.369 e. The number of hydrogen-bond acceptors (Lipinski definition) is 4. The molecule has 1 fully saturated rings. The number of carbonyl (C=O) groups excluding carboxylic acids is 2. The molecule has 0 saturated carbocycles. The van der Waals surface area contributed by atoms with Crippen molar-refractivity contribution in [3.8, 4) is 0 Å². The lowest BCUT2D eigenvalue weighted by Crippen LogP contribution is -2.42. The third-order valence-corrected chi connectivity index (χ3v) is 3.80. The number of piperidine rings is 1. The molecule has 6 heteroatoms. The Hall–Kier alpha value is -1.92. The van der Waals surface area contributed by atoms with E-state index in [-0.39, 0.29) is 17.7 Å². The summed E-state index contributed by atoms with van der Waals surface area (Å²) in [6.07, 6.45) is 1.45. The SMILES string of the molecule is NCc1cccc(NC(=O)CN2CCC(C(N)=O)CC2)c1. The molecule has 0 radical (unpaired) electrons. The number of hydrogen-bond donors (Lipinski definition) is 3. The number of carbonyl (C=O) groups is 2. The summed E-state index contributed by atoms with van der Waals surface area (Å²) in [5, 5.41) is 2.87. The van der Waals surface area contributed by atoms with Gasteiger partial charge in [0.15, 0.2) is 0 Å². The lowest BCUT2D eigenvalue weighted by Gasteiger charge is -2.29. The summed E-state index contributed by atoms with van der Waals surface area (Å²) in [5.41, 5.74) is 12.6. The number of primary amides is 1. The van der Waals surface area contributed by atoms with Crippen molar-refractivity contribution in [3.05, 3.63) is 29.8 Å². The molecule has 21 heavy (non-hydrogen) atoms. The number of anilines is 1. The van der Waals surface area contributed by atoms with Gasteiger partial charge >= 0.3 is 0 Å². The molecule has 0 aliphatic carbocycles. The van der Waals surface area contributed by atoms with Crippen molar-refractivity contribution >= 4 is 17.5 Å². The zero-order chi connectivity index (χ0) is 15.2. The fourth-order valence-electron chi connectivity index (χ4n) is 2.56. The molecule has 0 aromatic heterocycles. The first kappa shape index (κ1) is 15.5. The number of nitrogens with zero attached hydrogens (tertiary/aromatic N) is 1. The monoisotopic (exact) mass is 290 g/mol. The Labute approximate surface area is 124 Å². The van der Waals surface area contributed by atoms with E-state index in [0.717, 1.165) is 37.2 Å². The summed E-state index contributed by atoms with van der Waals surface area (Å²) in [6, 6.07) is 7.51. The fourth-order valence-corrected chi connectivity index (χ4v) is 2.56. The minimum absolute atomic E-state index is 0.0504. The van der Waals surface area contributed by atoms with Crippen LogP contribution in [-0.2, 0) is 16.1 Å². The van der Waals surface area contributed by atoms with E-state index in [1.807, 2.05) is 29.2 Å². The van der Waals surface area contributed by atoms with Gasteiger partial charge in [-0.25, -0.2) is 0 Å². The highest BCUT2D eigenvalue weighted by Crippen LogP contribution is 2.16. The number of amides is 2. The Balaban J connectivity index is 1.81. The van der Waals surface area contributed by atoms with Crippen LogP contribution in [0.3, 0.4) is 0 Å². The van der Waals surface area contributed by atoms with Gasteiger partial charge < -0.3 is 16.8 Å². The number of rotatable bonds is 5. The molecule has 0 atom stereocenters. The molecule has 0 spiro atoms. The number of nitrogens with one attached hydrogen (secondary N) is 1. The van der Waals surface area contributed by atoms with Crippen molar-refractivity contribution in [2.24, 2.45) is 17.4 Å². The van der Waals surface area contributed by atoms with Crippen LogP contribution >= 0.6 is 0 Å². The Kier molecular flexibility index (Phi) is 5.30. The van der Waals surface area contributed by atoms with Gasteiger partial charge in [-0.15, -0.1) is 0 Å². The van der Waals surface area contributed by atoms with Gasteiger partial charge in [0.1, 0.15) is 0 Å². The average Bonchev–Trinajstić information content (AvgIpc) is 2.47. The van der Waals surface area contributed by atoms with Crippen LogP contribution in [0.5, 0.6) is 0 Å². The Bertz CT molecular complexity index is 510. The molecule has 1 aliphatic rings. The average molecular weight is 290 g/mol. The predicted octanol–water partition coefficient (Wildman–Crippen LogP) is 0.281. The molecule has 1 aromatic rings. The first-order valence-corrected chi connectivity index (χ1v) is 7.19. The molecule has 6 nitrogen and oxygen atoms in total. The molecule has 0 bridgehead atoms.